The lowest BCUT2D eigenvalue weighted by molar-refractivity contribution is 0.527. The van der Waals surface area contributed by atoms with E-state index in [2.05, 4.69) is 20.7 Å². The van der Waals surface area contributed by atoms with Crippen LogP contribution in [-0.4, -0.2) is 21.0 Å². The standard InChI is InChI=1S/C11H17BrN2O2S/c1-2-5-9(8-13)14-17(15,16)11-7-4-3-6-10(11)12/h3-4,6-7,9,14H,2,5,8,13H2,1H3. The van der Waals surface area contributed by atoms with Gasteiger partial charge < -0.3 is 5.73 Å². The normalized spacial score (nSPS) is 13.6. The number of rotatable bonds is 6. The molecule has 0 fully saturated rings. The Balaban J connectivity index is 2.92. The van der Waals surface area contributed by atoms with E-state index in [1.165, 1.54) is 0 Å². The van der Waals surface area contributed by atoms with Crippen molar-refractivity contribution in [2.75, 3.05) is 6.54 Å². The number of nitrogens with one attached hydrogen (secondary N) is 1. The lowest BCUT2D eigenvalue weighted by atomic mass is 10.2. The van der Waals surface area contributed by atoms with Gasteiger partial charge in [-0.3, -0.25) is 0 Å². The van der Waals surface area contributed by atoms with Gasteiger partial charge in [0.2, 0.25) is 10.0 Å². The lowest BCUT2D eigenvalue weighted by Crippen LogP contribution is -2.40. The average Bonchev–Trinajstić information content (AvgIpc) is 2.28. The van der Waals surface area contributed by atoms with Crippen molar-refractivity contribution in [2.24, 2.45) is 5.73 Å². The molecule has 0 amide bonds. The number of halogens is 1. The molecule has 0 aliphatic carbocycles. The van der Waals surface area contributed by atoms with E-state index in [1.807, 2.05) is 6.92 Å². The molecule has 0 spiro atoms. The summed E-state index contributed by atoms with van der Waals surface area (Å²) in [5.41, 5.74) is 5.54. The summed E-state index contributed by atoms with van der Waals surface area (Å²) in [6.07, 6.45) is 1.63. The second kappa shape index (κ2) is 6.49. The monoisotopic (exact) mass is 320 g/mol. The molecular formula is C11H17BrN2O2S. The zero-order valence-corrected chi connectivity index (χ0v) is 12.1. The summed E-state index contributed by atoms with van der Waals surface area (Å²) in [5.74, 6) is 0. The molecule has 6 heteroatoms. The Hall–Kier alpha value is -0.430. The van der Waals surface area contributed by atoms with E-state index in [9.17, 15) is 8.42 Å². The highest BCUT2D eigenvalue weighted by Gasteiger charge is 2.20. The van der Waals surface area contributed by atoms with Gasteiger partial charge in [0.05, 0.1) is 4.90 Å². The fraction of sp³-hybridized carbons (Fsp3) is 0.455. The molecule has 1 rings (SSSR count). The van der Waals surface area contributed by atoms with Gasteiger partial charge in [-0.05, 0) is 34.5 Å². The summed E-state index contributed by atoms with van der Waals surface area (Å²) in [7, 11) is -3.50. The molecule has 3 N–H and O–H groups in total. The molecule has 0 saturated heterocycles. The van der Waals surface area contributed by atoms with Gasteiger partial charge in [-0.1, -0.05) is 25.5 Å². The first-order chi connectivity index (χ1) is 8.01. The van der Waals surface area contributed by atoms with Crippen molar-refractivity contribution >= 4 is 26.0 Å². The molecule has 4 nitrogen and oxygen atoms in total. The van der Waals surface area contributed by atoms with Gasteiger partial charge in [0, 0.05) is 17.1 Å². The van der Waals surface area contributed by atoms with E-state index in [4.69, 9.17) is 5.73 Å². The van der Waals surface area contributed by atoms with Crippen molar-refractivity contribution in [1.82, 2.24) is 4.72 Å². The van der Waals surface area contributed by atoms with E-state index in [0.717, 1.165) is 12.8 Å². The zero-order valence-electron chi connectivity index (χ0n) is 9.69. The van der Waals surface area contributed by atoms with Gasteiger partial charge in [-0.2, -0.15) is 0 Å². The Morgan fingerprint density at radius 2 is 2.06 bits per heavy atom. The highest BCUT2D eigenvalue weighted by molar-refractivity contribution is 9.10. The van der Waals surface area contributed by atoms with E-state index in [1.54, 1.807) is 24.3 Å². The van der Waals surface area contributed by atoms with Crippen LogP contribution in [0.2, 0.25) is 0 Å². The minimum atomic E-state index is -3.50. The first-order valence-electron chi connectivity index (χ1n) is 5.48. The molecular weight excluding hydrogens is 304 g/mol. The Morgan fingerprint density at radius 3 is 2.59 bits per heavy atom. The first kappa shape index (κ1) is 14.6. The van der Waals surface area contributed by atoms with E-state index in [0.29, 0.717) is 11.0 Å². The fourth-order valence-corrected chi connectivity index (χ4v) is 3.81. The molecule has 96 valence electrons. The Labute approximate surface area is 111 Å². The van der Waals surface area contributed by atoms with Crippen molar-refractivity contribution in [3.05, 3.63) is 28.7 Å². The Kier molecular flexibility index (Phi) is 5.58. The van der Waals surface area contributed by atoms with Crippen molar-refractivity contribution in [1.29, 1.82) is 0 Å². The third-order valence-electron chi connectivity index (χ3n) is 2.37. The number of hydrogen-bond acceptors (Lipinski definition) is 3. The number of hydrogen-bond donors (Lipinski definition) is 2. The van der Waals surface area contributed by atoms with Crippen molar-refractivity contribution < 1.29 is 8.42 Å². The van der Waals surface area contributed by atoms with Gasteiger partial charge in [0.1, 0.15) is 0 Å². The molecule has 0 radical (unpaired) electrons. The number of benzene rings is 1. The third kappa shape index (κ3) is 4.06. The van der Waals surface area contributed by atoms with E-state index < -0.39 is 10.0 Å². The van der Waals surface area contributed by atoms with Crippen molar-refractivity contribution in [3.8, 4) is 0 Å². The highest BCUT2D eigenvalue weighted by atomic mass is 79.9. The number of sulfonamides is 1. The van der Waals surface area contributed by atoms with Crippen LogP contribution in [0.3, 0.4) is 0 Å². The highest BCUT2D eigenvalue weighted by Crippen LogP contribution is 2.21. The summed E-state index contributed by atoms with van der Waals surface area (Å²) in [6.45, 7) is 2.30. The first-order valence-corrected chi connectivity index (χ1v) is 7.75. The zero-order chi connectivity index (χ0) is 12.9. The van der Waals surface area contributed by atoms with E-state index >= 15 is 0 Å². The van der Waals surface area contributed by atoms with Gasteiger partial charge in [-0.15, -0.1) is 0 Å². The predicted molar refractivity (Wildman–Crippen MR) is 72.2 cm³/mol. The summed E-state index contributed by atoms with van der Waals surface area (Å²) in [5, 5.41) is 0. The van der Waals surface area contributed by atoms with E-state index in [-0.39, 0.29) is 10.9 Å². The maximum atomic E-state index is 12.1. The maximum Gasteiger partial charge on any atom is 0.241 e. The van der Waals surface area contributed by atoms with Gasteiger partial charge in [0.25, 0.3) is 0 Å². The molecule has 1 unspecified atom stereocenters. The van der Waals surface area contributed by atoms with Crippen LogP contribution in [0.5, 0.6) is 0 Å². The van der Waals surface area contributed by atoms with Crippen LogP contribution >= 0.6 is 15.9 Å². The second-order valence-electron chi connectivity index (χ2n) is 3.77. The van der Waals surface area contributed by atoms with Crippen LogP contribution in [0.25, 0.3) is 0 Å². The molecule has 0 bridgehead atoms. The Morgan fingerprint density at radius 1 is 1.41 bits per heavy atom. The minimum Gasteiger partial charge on any atom is -0.329 e. The topological polar surface area (TPSA) is 72.2 Å². The molecule has 0 saturated carbocycles. The molecule has 0 aliphatic heterocycles. The summed E-state index contributed by atoms with van der Waals surface area (Å²) in [4.78, 5) is 0.245. The van der Waals surface area contributed by atoms with Gasteiger partial charge >= 0.3 is 0 Å². The van der Waals surface area contributed by atoms with Crippen molar-refractivity contribution in [3.63, 3.8) is 0 Å². The third-order valence-corrected chi connectivity index (χ3v) is 4.90. The van der Waals surface area contributed by atoms with Gasteiger partial charge in [-0.25, -0.2) is 13.1 Å². The summed E-state index contributed by atoms with van der Waals surface area (Å²) in [6, 6.07) is 6.52. The molecule has 17 heavy (non-hydrogen) atoms. The minimum absolute atomic E-state index is 0.211. The molecule has 0 heterocycles. The smallest absolute Gasteiger partial charge is 0.241 e. The molecule has 0 aliphatic rings. The molecule has 1 atom stereocenters. The average molecular weight is 321 g/mol. The number of nitrogens with two attached hydrogens (primary N) is 1. The van der Waals surface area contributed by atoms with Gasteiger partial charge in [0.15, 0.2) is 0 Å². The summed E-state index contributed by atoms with van der Waals surface area (Å²) < 4.78 is 27.4. The largest absolute Gasteiger partial charge is 0.329 e. The second-order valence-corrected chi connectivity index (χ2v) is 6.31. The summed E-state index contributed by atoms with van der Waals surface area (Å²) >= 11 is 3.23. The lowest BCUT2D eigenvalue weighted by Gasteiger charge is -2.16. The molecule has 0 aromatic heterocycles. The Bertz CT molecular complexity index is 462. The maximum absolute atomic E-state index is 12.1. The van der Waals surface area contributed by atoms with Crippen LogP contribution < -0.4 is 10.5 Å². The van der Waals surface area contributed by atoms with Crippen LogP contribution in [0, 0.1) is 0 Å². The van der Waals surface area contributed by atoms with Crippen LogP contribution in [0.4, 0.5) is 0 Å². The fourth-order valence-electron chi connectivity index (χ4n) is 1.52. The SMILES string of the molecule is CCCC(CN)NS(=O)(=O)c1ccccc1Br. The molecule has 1 aromatic rings. The molecule has 1 aromatic carbocycles. The van der Waals surface area contributed by atoms with Crippen LogP contribution in [-0.2, 0) is 10.0 Å². The quantitative estimate of drug-likeness (QED) is 0.840. The van der Waals surface area contributed by atoms with Crippen LogP contribution in [0.1, 0.15) is 19.8 Å². The van der Waals surface area contributed by atoms with Crippen molar-refractivity contribution in [2.45, 2.75) is 30.7 Å². The predicted octanol–water partition coefficient (Wildman–Crippen LogP) is 1.85. The van der Waals surface area contributed by atoms with Crippen LogP contribution in [0.15, 0.2) is 33.6 Å².